The maximum absolute atomic E-state index is 12.0. The van der Waals surface area contributed by atoms with E-state index >= 15 is 0 Å². The fourth-order valence-electron chi connectivity index (χ4n) is 2.00. The molecule has 2 N–H and O–H groups in total. The Hall–Kier alpha value is -1.85. The first-order chi connectivity index (χ1) is 10.1. The van der Waals surface area contributed by atoms with Crippen molar-refractivity contribution in [2.75, 3.05) is 13.1 Å². The Morgan fingerprint density at radius 1 is 1.32 bits per heavy atom. The molecule has 0 radical (unpaired) electrons. The van der Waals surface area contributed by atoms with Crippen LogP contribution in [-0.4, -0.2) is 30.2 Å². The number of nitrogens with zero attached hydrogens (tertiary/aromatic N) is 1. The predicted molar refractivity (Wildman–Crippen MR) is 89.4 cm³/mol. The lowest BCUT2D eigenvalue weighted by atomic mass is 10.1. The minimum atomic E-state index is -0.245. The lowest BCUT2D eigenvalue weighted by Gasteiger charge is -2.11. The fraction of sp³-hybridized carbons (Fsp3) is 0.375. The molecule has 6 heteroatoms. The molecule has 1 amide bonds. The number of carbonyl (C=O) groups excluding carboxylic acids is 1. The van der Waals surface area contributed by atoms with E-state index in [0.717, 1.165) is 12.1 Å². The molecule has 0 unspecified atom stereocenters. The van der Waals surface area contributed by atoms with Gasteiger partial charge in [0, 0.05) is 24.2 Å². The van der Waals surface area contributed by atoms with Gasteiger partial charge in [-0.1, -0.05) is 41.9 Å². The molecule has 0 aliphatic rings. The van der Waals surface area contributed by atoms with Crippen molar-refractivity contribution in [3.8, 4) is 11.3 Å². The van der Waals surface area contributed by atoms with Crippen LogP contribution in [0.1, 0.15) is 30.0 Å². The molecule has 0 fully saturated rings. The molecule has 2 aromatic rings. The summed E-state index contributed by atoms with van der Waals surface area (Å²) in [5.41, 5.74) is 2.78. The second-order valence-electron chi connectivity index (χ2n) is 5.11. The number of hydrogen-bond donors (Lipinski definition) is 2. The minimum Gasteiger partial charge on any atom is -0.350 e. The van der Waals surface area contributed by atoms with Crippen LogP contribution in [0.2, 0.25) is 0 Å². The average Bonchev–Trinajstić information content (AvgIpc) is 2.96. The van der Waals surface area contributed by atoms with Crippen LogP contribution >= 0.6 is 12.4 Å². The van der Waals surface area contributed by atoms with E-state index in [4.69, 9.17) is 4.52 Å². The molecule has 0 saturated carbocycles. The zero-order valence-corrected chi connectivity index (χ0v) is 13.9. The molecule has 1 atom stereocenters. The number of nitrogens with one attached hydrogen (secondary N) is 2. The third kappa shape index (κ3) is 4.86. The average molecular weight is 324 g/mol. The van der Waals surface area contributed by atoms with Crippen LogP contribution in [0.4, 0.5) is 0 Å². The summed E-state index contributed by atoms with van der Waals surface area (Å²) in [5.74, 6) is -0.0140. The Morgan fingerprint density at radius 3 is 2.64 bits per heavy atom. The van der Waals surface area contributed by atoms with E-state index in [1.165, 1.54) is 5.56 Å². The van der Waals surface area contributed by atoms with Crippen LogP contribution in [0.5, 0.6) is 0 Å². The van der Waals surface area contributed by atoms with Gasteiger partial charge in [-0.15, -0.1) is 12.4 Å². The van der Waals surface area contributed by atoms with E-state index < -0.39 is 0 Å². The van der Waals surface area contributed by atoms with Crippen LogP contribution in [-0.2, 0) is 0 Å². The van der Waals surface area contributed by atoms with Crippen molar-refractivity contribution in [2.24, 2.45) is 0 Å². The molecule has 1 aromatic carbocycles. The predicted octanol–water partition coefficient (Wildman–Crippen LogP) is 2.80. The zero-order valence-electron chi connectivity index (χ0n) is 13.1. The normalized spacial score (nSPS) is 11.6. The van der Waals surface area contributed by atoms with Crippen molar-refractivity contribution in [2.45, 2.75) is 26.8 Å². The van der Waals surface area contributed by atoms with Gasteiger partial charge < -0.3 is 15.2 Å². The third-order valence-corrected chi connectivity index (χ3v) is 3.20. The molecule has 22 heavy (non-hydrogen) atoms. The SMILES string of the molecule is CCN[C@H](C)CNC(=O)c1cc(-c2ccc(C)cc2)no1.Cl. The maximum Gasteiger partial charge on any atom is 0.289 e. The van der Waals surface area contributed by atoms with Crippen molar-refractivity contribution < 1.29 is 9.32 Å². The van der Waals surface area contributed by atoms with Gasteiger partial charge in [-0.05, 0) is 20.4 Å². The molecule has 0 aliphatic heterocycles. The highest BCUT2D eigenvalue weighted by Crippen LogP contribution is 2.19. The zero-order chi connectivity index (χ0) is 15.2. The number of halogens is 1. The first-order valence-electron chi connectivity index (χ1n) is 7.15. The van der Waals surface area contributed by atoms with Gasteiger partial charge in [0.25, 0.3) is 5.91 Å². The van der Waals surface area contributed by atoms with Gasteiger partial charge in [0.2, 0.25) is 5.76 Å². The van der Waals surface area contributed by atoms with Crippen molar-refractivity contribution in [1.82, 2.24) is 15.8 Å². The summed E-state index contributed by atoms with van der Waals surface area (Å²) in [4.78, 5) is 12.0. The maximum atomic E-state index is 12.0. The van der Waals surface area contributed by atoms with Gasteiger partial charge in [0.05, 0.1) is 0 Å². The number of amides is 1. The minimum absolute atomic E-state index is 0. The molecular weight excluding hydrogens is 302 g/mol. The third-order valence-electron chi connectivity index (χ3n) is 3.20. The lowest BCUT2D eigenvalue weighted by Crippen LogP contribution is -2.38. The highest BCUT2D eigenvalue weighted by Gasteiger charge is 2.14. The number of benzene rings is 1. The number of likely N-dealkylation sites (N-methyl/N-ethyl adjacent to an activating group) is 1. The van der Waals surface area contributed by atoms with Crippen LogP contribution in [0.15, 0.2) is 34.9 Å². The van der Waals surface area contributed by atoms with Gasteiger partial charge in [-0.3, -0.25) is 4.79 Å². The Labute approximate surface area is 136 Å². The molecule has 0 spiro atoms. The van der Waals surface area contributed by atoms with Gasteiger partial charge in [-0.2, -0.15) is 0 Å². The van der Waals surface area contributed by atoms with E-state index in [1.54, 1.807) is 6.07 Å². The molecule has 1 heterocycles. The molecule has 0 aliphatic carbocycles. The molecule has 0 saturated heterocycles. The number of carbonyl (C=O) groups is 1. The van der Waals surface area contributed by atoms with Crippen molar-refractivity contribution in [3.63, 3.8) is 0 Å². The van der Waals surface area contributed by atoms with Gasteiger partial charge in [-0.25, -0.2) is 0 Å². The molecule has 2 rings (SSSR count). The van der Waals surface area contributed by atoms with Gasteiger partial charge >= 0.3 is 0 Å². The summed E-state index contributed by atoms with van der Waals surface area (Å²) >= 11 is 0. The quantitative estimate of drug-likeness (QED) is 0.858. The topological polar surface area (TPSA) is 67.2 Å². The van der Waals surface area contributed by atoms with Crippen LogP contribution in [0, 0.1) is 6.92 Å². The smallest absolute Gasteiger partial charge is 0.289 e. The van der Waals surface area contributed by atoms with Gasteiger partial charge in [0.15, 0.2) is 0 Å². The molecule has 0 bridgehead atoms. The number of rotatable bonds is 6. The molecular formula is C16H22ClN3O2. The summed E-state index contributed by atoms with van der Waals surface area (Å²) in [6, 6.07) is 9.81. The molecule has 5 nitrogen and oxygen atoms in total. The number of hydrogen-bond acceptors (Lipinski definition) is 4. The first-order valence-corrected chi connectivity index (χ1v) is 7.15. The summed E-state index contributed by atoms with van der Waals surface area (Å²) in [6.45, 7) is 7.49. The van der Waals surface area contributed by atoms with E-state index in [-0.39, 0.29) is 30.1 Å². The van der Waals surface area contributed by atoms with E-state index in [2.05, 4.69) is 15.8 Å². The lowest BCUT2D eigenvalue weighted by molar-refractivity contribution is 0.0913. The fourth-order valence-corrected chi connectivity index (χ4v) is 2.00. The van der Waals surface area contributed by atoms with E-state index in [9.17, 15) is 4.79 Å². The Kier molecular flexibility index (Phi) is 7.08. The highest BCUT2D eigenvalue weighted by atomic mass is 35.5. The highest BCUT2D eigenvalue weighted by molar-refractivity contribution is 5.92. The number of aryl methyl sites for hydroxylation is 1. The summed E-state index contributed by atoms with van der Waals surface area (Å²) in [6.07, 6.45) is 0. The van der Waals surface area contributed by atoms with Gasteiger partial charge in [0.1, 0.15) is 5.69 Å². The molecule has 120 valence electrons. The standard InChI is InChI=1S/C16H21N3O2.ClH/c1-4-17-12(3)10-18-16(20)15-9-14(19-21-15)13-7-5-11(2)6-8-13;/h5-9,12,17H,4,10H2,1-3H3,(H,18,20);1H/t12-;/m1./s1. The summed E-state index contributed by atoms with van der Waals surface area (Å²) in [5, 5.41) is 10.00. The van der Waals surface area contributed by atoms with Crippen molar-refractivity contribution in [1.29, 1.82) is 0 Å². The summed E-state index contributed by atoms with van der Waals surface area (Å²) < 4.78 is 5.12. The largest absolute Gasteiger partial charge is 0.350 e. The second kappa shape index (κ2) is 8.56. The Morgan fingerprint density at radius 2 is 2.00 bits per heavy atom. The van der Waals surface area contributed by atoms with Crippen LogP contribution < -0.4 is 10.6 Å². The number of aromatic nitrogens is 1. The Balaban J connectivity index is 0.00000242. The Bertz CT molecular complexity index is 596. The van der Waals surface area contributed by atoms with Crippen molar-refractivity contribution >= 4 is 18.3 Å². The van der Waals surface area contributed by atoms with Crippen LogP contribution in [0.3, 0.4) is 0 Å². The monoisotopic (exact) mass is 323 g/mol. The van der Waals surface area contributed by atoms with Crippen molar-refractivity contribution in [3.05, 3.63) is 41.7 Å². The van der Waals surface area contributed by atoms with E-state index in [0.29, 0.717) is 12.2 Å². The summed E-state index contributed by atoms with van der Waals surface area (Å²) in [7, 11) is 0. The second-order valence-corrected chi connectivity index (χ2v) is 5.11. The first kappa shape index (κ1) is 18.2. The van der Waals surface area contributed by atoms with E-state index in [1.807, 2.05) is 45.0 Å². The van der Waals surface area contributed by atoms with Crippen LogP contribution in [0.25, 0.3) is 11.3 Å². The molecule has 1 aromatic heterocycles.